The Hall–Kier alpha value is -2.23. The molecule has 172 valence electrons. The van der Waals surface area contributed by atoms with Crippen molar-refractivity contribution in [2.24, 2.45) is 5.10 Å². The number of halogens is 5. The summed E-state index contributed by atoms with van der Waals surface area (Å²) < 4.78 is 54.9. The van der Waals surface area contributed by atoms with Crippen molar-refractivity contribution >= 4 is 56.2 Å². The first-order valence-electron chi connectivity index (χ1n) is 9.65. The number of sulfonamides is 1. The molecule has 1 N–H and O–H groups in total. The zero-order valence-electron chi connectivity index (χ0n) is 16.8. The first-order valence-corrected chi connectivity index (χ1v) is 12.3. The minimum Gasteiger partial charge on any atom is -0.256 e. The van der Waals surface area contributed by atoms with Gasteiger partial charge in [-0.1, -0.05) is 46.9 Å². The van der Waals surface area contributed by atoms with Crippen LogP contribution in [0.15, 0.2) is 70.7 Å². The average molecular weight is 531 g/mol. The molecule has 4 rings (SSSR count). The highest BCUT2D eigenvalue weighted by Crippen LogP contribution is 2.39. The van der Waals surface area contributed by atoms with E-state index in [0.29, 0.717) is 39.0 Å². The average Bonchev–Trinajstić information content (AvgIpc) is 3.18. The van der Waals surface area contributed by atoms with E-state index in [2.05, 4.69) is 9.82 Å². The molecular formula is C22H16Cl3F2N3O2S. The molecule has 0 saturated heterocycles. The fourth-order valence-corrected chi connectivity index (χ4v) is 5.18. The van der Waals surface area contributed by atoms with Crippen LogP contribution in [0.25, 0.3) is 0 Å². The Bertz CT molecular complexity index is 1340. The summed E-state index contributed by atoms with van der Waals surface area (Å²) >= 11 is 18.4. The highest BCUT2D eigenvalue weighted by molar-refractivity contribution is 7.89. The predicted molar refractivity (Wildman–Crippen MR) is 127 cm³/mol. The van der Waals surface area contributed by atoms with Gasteiger partial charge < -0.3 is 0 Å². The van der Waals surface area contributed by atoms with Gasteiger partial charge in [0.1, 0.15) is 16.5 Å². The first-order chi connectivity index (χ1) is 15.6. The lowest BCUT2D eigenvalue weighted by atomic mass is 10.0. The Labute approximate surface area is 204 Å². The second-order valence-electron chi connectivity index (χ2n) is 7.28. The van der Waals surface area contributed by atoms with Crippen LogP contribution in [0.2, 0.25) is 15.1 Å². The number of hydrazone groups is 1. The molecule has 0 aromatic heterocycles. The molecule has 5 nitrogen and oxygen atoms in total. The molecule has 0 saturated carbocycles. The Morgan fingerprint density at radius 3 is 2.36 bits per heavy atom. The number of nitrogens with zero attached hydrogens (tertiary/aromatic N) is 2. The van der Waals surface area contributed by atoms with E-state index < -0.39 is 26.6 Å². The number of benzene rings is 3. The number of rotatable bonds is 6. The third-order valence-electron chi connectivity index (χ3n) is 5.03. The van der Waals surface area contributed by atoms with Crippen LogP contribution in [-0.4, -0.2) is 20.7 Å². The molecule has 1 heterocycles. The van der Waals surface area contributed by atoms with Crippen LogP contribution >= 0.6 is 34.8 Å². The highest BCUT2D eigenvalue weighted by Gasteiger charge is 2.31. The van der Waals surface area contributed by atoms with Crippen molar-refractivity contribution in [1.82, 2.24) is 4.72 Å². The van der Waals surface area contributed by atoms with Gasteiger partial charge in [-0.05, 0) is 54.1 Å². The maximum absolute atomic E-state index is 14.0. The van der Waals surface area contributed by atoms with E-state index in [0.717, 1.165) is 17.7 Å². The number of hydrogen-bond donors (Lipinski definition) is 1. The number of anilines is 1. The lowest BCUT2D eigenvalue weighted by Crippen LogP contribution is -2.30. The van der Waals surface area contributed by atoms with Crippen LogP contribution in [-0.2, 0) is 10.0 Å². The lowest BCUT2D eigenvalue weighted by Gasteiger charge is -2.25. The van der Waals surface area contributed by atoms with Gasteiger partial charge in [0.2, 0.25) is 10.0 Å². The second-order valence-corrected chi connectivity index (χ2v) is 10.3. The van der Waals surface area contributed by atoms with Gasteiger partial charge in [-0.2, -0.15) is 5.10 Å². The van der Waals surface area contributed by atoms with E-state index >= 15 is 0 Å². The van der Waals surface area contributed by atoms with Crippen molar-refractivity contribution in [2.45, 2.75) is 17.4 Å². The van der Waals surface area contributed by atoms with Crippen LogP contribution in [0.5, 0.6) is 0 Å². The van der Waals surface area contributed by atoms with Crippen LogP contribution in [0.3, 0.4) is 0 Å². The van der Waals surface area contributed by atoms with Crippen molar-refractivity contribution in [1.29, 1.82) is 0 Å². The predicted octanol–water partition coefficient (Wildman–Crippen LogP) is 6.21. The van der Waals surface area contributed by atoms with E-state index in [1.54, 1.807) is 35.3 Å². The fourth-order valence-electron chi connectivity index (χ4n) is 3.45. The van der Waals surface area contributed by atoms with Crippen LogP contribution < -0.4 is 9.73 Å². The molecule has 1 aliphatic rings. The van der Waals surface area contributed by atoms with Crippen LogP contribution in [0, 0.1) is 11.6 Å². The maximum atomic E-state index is 14.0. The Morgan fingerprint density at radius 2 is 1.67 bits per heavy atom. The molecule has 0 spiro atoms. The summed E-state index contributed by atoms with van der Waals surface area (Å²) in [6.07, 6.45) is 0.356. The third-order valence-corrected chi connectivity index (χ3v) is 7.24. The van der Waals surface area contributed by atoms with E-state index in [4.69, 9.17) is 34.8 Å². The molecule has 1 aliphatic heterocycles. The van der Waals surface area contributed by atoms with Crippen molar-refractivity contribution in [3.63, 3.8) is 0 Å². The van der Waals surface area contributed by atoms with Gasteiger partial charge in [0.15, 0.2) is 0 Å². The van der Waals surface area contributed by atoms with Crippen LogP contribution in [0.1, 0.15) is 18.0 Å². The molecule has 1 atom stereocenters. The fraction of sp³-hybridized carbons (Fsp3) is 0.136. The summed E-state index contributed by atoms with van der Waals surface area (Å²) in [6, 6.07) is 14.1. The number of hydrogen-bond acceptors (Lipinski definition) is 4. The Morgan fingerprint density at radius 1 is 0.970 bits per heavy atom. The van der Waals surface area contributed by atoms with Gasteiger partial charge in [0.25, 0.3) is 0 Å². The van der Waals surface area contributed by atoms with Gasteiger partial charge in [0.05, 0.1) is 29.0 Å². The summed E-state index contributed by atoms with van der Waals surface area (Å²) in [5, 5.41) is 7.63. The van der Waals surface area contributed by atoms with Crippen molar-refractivity contribution in [3.05, 3.63) is 92.9 Å². The second kappa shape index (κ2) is 9.56. The molecule has 33 heavy (non-hydrogen) atoms. The van der Waals surface area contributed by atoms with E-state index in [-0.39, 0.29) is 12.6 Å². The molecule has 0 bridgehead atoms. The van der Waals surface area contributed by atoms with E-state index in [1.807, 2.05) is 12.1 Å². The minimum absolute atomic E-state index is 0.204. The molecular weight excluding hydrogens is 515 g/mol. The molecule has 0 fully saturated rings. The Balaban J connectivity index is 1.63. The van der Waals surface area contributed by atoms with E-state index in [1.165, 1.54) is 0 Å². The van der Waals surface area contributed by atoms with Gasteiger partial charge in [0, 0.05) is 16.5 Å². The largest absolute Gasteiger partial charge is 0.256 e. The Kier molecular flexibility index (Phi) is 6.93. The van der Waals surface area contributed by atoms with Gasteiger partial charge in [-0.3, -0.25) is 5.01 Å². The molecule has 11 heteroatoms. The normalized spacial score (nSPS) is 16.2. The van der Waals surface area contributed by atoms with Crippen molar-refractivity contribution < 1.29 is 17.2 Å². The minimum atomic E-state index is -4.31. The quantitative estimate of drug-likeness (QED) is 0.412. The molecule has 1 unspecified atom stereocenters. The topological polar surface area (TPSA) is 61.8 Å². The zero-order valence-corrected chi connectivity index (χ0v) is 19.9. The molecule has 0 radical (unpaired) electrons. The summed E-state index contributed by atoms with van der Waals surface area (Å²) in [7, 11) is -4.31. The van der Waals surface area contributed by atoms with Gasteiger partial charge >= 0.3 is 0 Å². The van der Waals surface area contributed by atoms with E-state index in [9.17, 15) is 17.2 Å². The monoisotopic (exact) mass is 529 g/mol. The molecule has 0 aliphatic carbocycles. The summed E-state index contributed by atoms with van der Waals surface area (Å²) in [4.78, 5) is -0.770. The standard InChI is InChI=1S/C22H16Cl3F2N3O2S/c23-14-3-1-13(2-4-14)21-11-17(29-30(21)20-8-5-15(24)9-18(20)25)12-28-33(31,32)22-10-16(26)6-7-19(22)27/h1-10,21,28H,11-12H2. The molecule has 0 amide bonds. The molecule has 3 aromatic carbocycles. The summed E-state index contributed by atoms with van der Waals surface area (Å²) in [5.74, 6) is -1.91. The lowest BCUT2D eigenvalue weighted by molar-refractivity contribution is 0.548. The van der Waals surface area contributed by atoms with Crippen molar-refractivity contribution in [2.75, 3.05) is 11.6 Å². The first kappa shape index (κ1) is 23.9. The third kappa shape index (κ3) is 5.31. The summed E-state index contributed by atoms with van der Waals surface area (Å²) in [5.41, 5.74) is 1.93. The van der Waals surface area contributed by atoms with Crippen LogP contribution in [0.4, 0.5) is 14.5 Å². The highest BCUT2D eigenvalue weighted by atomic mass is 35.5. The smallest absolute Gasteiger partial charge is 0.243 e. The zero-order chi connectivity index (χ0) is 23.8. The van der Waals surface area contributed by atoms with Gasteiger partial charge in [-0.25, -0.2) is 21.9 Å². The summed E-state index contributed by atoms with van der Waals surface area (Å²) in [6.45, 7) is -0.204. The maximum Gasteiger partial charge on any atom is 0.243 e. The van der Waals surface area contributed by atoms with Gasteiger partial charge in [-0.15, -0.1) is 0 Å². The molecule has 3 aromatic rings. The SMILES string of the molecule is O=S(=O)(NCC1=NN(c2ccc(Cl)cc2Cl)C(c2ccc(Cl)cc2)C1)c1cc(F)ccc1F. The number of nitrogens with one attached hydrogen (secondary N) is 1. The van der Waals surface area contributed by atoms with Crippen molar-refractivity contribution in [3.8, 4) is 0 Å².